The fourth-order valence-electron chi connectivity index (χ4n) is 1.63. The zero-order valence-electron chi connectivity index (χ0n) is 11.4. The molecule has 0 aliphatic heterocycles. The number of rotatable bonds is 6. The van der Waals surface area contributed by atoms with Gasteiger partial charge in [-0.1, -0.05) is 18.5 Å². The van der Waals surface area contributed by atoms with Crippen molar-refractivity contribution in [2.24, 2.45) is 0 Å². The van der Waals surface area contributed by atoms with Crippen LogP contribution in [0.25, 0.3) is 10.6 Å². The summed E-state index contributed by atoms with van der Waals surface area (Å²) in [6.07, 6.45) is 0. The summed E-state index contributed by atoms with van der Waals surface area (Å²) in [6.45, 7) is 4.46. The standard InChI is InChI=1S/C13H17ClN4OS/c1-3-18(2)7-6-15-13(19)10-8-9(16-17-10)11-4-5-12(14)20-11/h4-5,8H,3,6-7H2,1-2H3,(H,15,19)(H,16,17). The van der Waals surface area contributed by atoms with Gasteiger partial charge in [-0.15, -0.1) is 11.3 Å². The van der Waals surface area contributed by atoms with Crippen LogP contribution in [0, 0.1) is 0 Å². The van der Waals surface area contributed by atoms with Gasteiger partial charge in [-0.25, -0.2) is 0 Å². The molecule has 2 rings (SSSR count). The number of nitrogens with one attached hydrogen (secondary N) is 2. The predicted molar refractivity (Wildman–Crippen MR) is 82.4 cm³/mol. The minimum Gasteiger partial charge on any atom is -0.349 e. The van der Waals surface area contributed by atoms with Crippen molar-refractivity contribution >= 4 is 28.8 Å². The Hall–Kier alpha value is -1.37. The first-order valence-corrected chi connectivity index (χ1v) is 7.57. The molecule has 0 atom stereocenters. The summed E-state index contributed by atoms with van der Waals surface area (Å²) >= 11 is 7.34. The zero-order valence-corrected chi connectivity index (χ0v) is 13.0. The monoisotopic (exact) mass is 312 g/mol. The molecule has 0 radical (unpaired) electrons. The van der Waals surface area contributed by atoms with Gasteiger partial charge in [0.25, 0.3) is 5.91 Å². The van der Waals surface area contributed by atoms with Crippen molar-refractivity contribution in [2.45, 2.75) is 6.92 Å². The molecule has 0 aliphatic rings. The number of nitrogens with zero attached hydrogens (tertiary/aromatic N) is 2. The van der Waals surface area contributed by atoms with Gasteiger partial charge < -0.3 is 10.2 Å². The van der Waals surface area contributed by atoms with E-state index in [1.807, 2.05) is 19.2 Å². The van der Waals surface area contributed by atoms with Crippen LogP contribution in [-0.2, 0) is 0 Å². The smallest absolute Gasteiger partial charge is 0.271 e. The maximum Gasteiger partial charge on any atom is 0.271 e. The Morgan fingerprint density at radius 2 is 2.35 bits per heavy atom. The summed E-state index contributed by atoms with van der Waals surface area (Å²) in [5, 5.41) is 9.74. The van der Waals surface area contributed by atoms with Crippen molar-refractivity contribution in [3.63, 3.8) is 0 Å². The van der Waals surface area contributed by atoms with Crippen molar-refractivity contribution in [1.29, 1.82) is 0 Å². The van der Waals surface area contributed by atoms with Crippen LogP contribution < -0.4 is 5.32 Å². The van der Waals surface area contributed by atoms with Crippen LogP contribution >= 0.6 is 22.9 Å². The Kier molecular flexibility index (Phi) is 5.17. The third-order valence-corrected chi connectivity index (χ3v) is 4.23. The average Bonchev–Trinajstić information content (AvgIpc) is 3.06. The molecule has 2 heterocycles. The molecule has 7 heteroatoms. The molecule has 0 aromatic carbocycles. The molecular formula is C13H17ClN4OS. The molecule has 108 valence electrons. The summed E-state index contributed by atoms with van der Waals surface area (Å²) < 4.78 is 0.711. The van der Waals surface area contributed by atoms with Gasteiger partial charge in [0.05, 0.1) is 14.9 Å². The lowest BCUT2D eigenvalue weighted by Crippen LogP contribution is -2.33. The Balaban J connectivity index is 1.93. The van der Waals surface area contributed by atoms with Gasteiger partial charge in [-0.05, 0) is 31.8 Å². The fourth-order valence-corrected chi connectivity index (χ4v) is 2.64. The van der Waals surface area contributed by atoms with Crippen LogP contribution in [0.5, 0.6) is 0 Å². The van der Waals surface area contributed by atoms with Crippen molar-refractivity contribution in [2.75, 3.05) is 26.7 Å². The van der Waals surface area contributed by atoms with E-state index in [4.69, 9.17) is 11.6 Å². The number of hydrogen-bond acceptors (Lipinski definition) is 4. The summed E-state index contributed by atoms with van der Waals surface area (Å²) in [4.78, 5) is 15.0. The van der Waals surface area contributed by atoms with Gasteiger partial charge in [-0.2, -0.15) is 5.10 Å². The van der Waals surface area contributed by atoms with Gasteiger partial charge >= 0.3 is 0 Å². The number of carbonyl (C=O) groups is 1. The number of H-pyrrole nitrogens is 1. The van der Waals surface area contributed by atoms with E-state index < -0.39 is 0 Å². The van der Waals surface area contributed by atoms with E-state index in [0.717, 1.165) is 23.7 Å². The second kappa shape index (κ2) is 6.88. The Morgan fingerprint density at radius 3 is 3.00 bits per heavy atom. The molecule has 0 unspecified atom stereocenters. The van der Waals surface area contributed by atoms with E-state index in [9.17, 15) is 4.79 Å². The van der Waals surface area contributed by atoms with Crippen LogP contribution in [0.1, 0.15) is 17.4 Å². The molecule has 0 fully saturated rings. The minimum atomic E-state index is -0.167. The van der Waals surface area contributed by atoms with Gasteiger partial charge in [-0.3, -0.25) is 9.89 Å². The number of halogens is 1. The lowest BCUT2D eigenvalue weighted by molar-refractivity contribution is 0.0945. The Bertz CT molecular complexity index is 580. The normalized spacial score (nSPS) is 11.0. The maximum atomic E-state index is 11.9. The number of likely N-dealkylation sites (N-methyl/N-ethyl adjacent to an activating group) is 1. The summed E-state index contributed by atoms with van der Waals surface area (Å²) in [5.41, 5.74) is 1.20. The van der Waals surface area contributed by atoms with Gasteiger partial charge in [0.15, 0.2) is 5.69 Å². The molecule has 1 amide bonds. The summed E-state index contributed by atoms with van der Waals surface area (Å²) in [6, 6.07) is 5.46. The van der Waals surface area contributed by atoms with E-state index in [0.29, 0.717) is 16.6 Å². The highest BCUT2D eigenvalue weighted by molar-refractivity contribution is 7.19. The molecule has 0 bridgehead atoms. The summed E-state index contributed by atoms with van der Waals surface area (Å²) in [5.74, 6) is -0.167. The Labute approximate surface area is 126 Å². The number of thiophene rings is 1. The highest BCUT2D eigenvalue weighted by Crippen LogP contribution is 2.29. The predicted octanol–water partition coefficient (Wildman–Crippen LogP) is 2.47. The Morgan fingerprint density at radius 1 is 1.55 bits per heavy atom. The van der Waals surface area contributed by atoms with Crippen LogP contribution in [0.4, 0.5) is 0 Å². The third kappa shape index (κ3) is 3.82. The molecule has 2 aromatic rings. The topological polar surface area (TPSA) is 61.0 Å². The lowest BCUT2D eigenvalue weighted by Gasteiger charge is -2.13. The molecule has 2 aromatic heterocycles. The van der Waals surface area contributed by atoms with Crippen molar-refractivity contribution < 1.29 is 4.79 Å². The first-order valence-electron chi connectivity index (χ1n) is 6.38. The van der Waals surface area contributed by atoms with Gasteiger partial charge in [0, 0.05) is 13.1 Å². The second-order valence-electron chi connectivity index (χ2n) is 4.42. The number of aromatic amines is 1. The summed E-state index contributed by atoms with van der Waals surface area (Å²) in [7, 11) is 2.01. The number of carbonyl (C=O) groups excluding carboxylic acids is 1. The van der Waals surface area contributed by atoms with Crippen LogP contribution in [0.2, 0.25) is 4.34 Å². The molecular weight excluding hydrogens is 296 g/mol. The number of hydrogen-bond donors (Lipinski definition) is 2. The first-order chi connectivity index (χ1) is 9.60. The molecule has 2 N–H and O–H groups in total. The maximum absolute atomic E-state index is 11.9. The van der Waals surface area contributed by atoms with E-state index in [1.165, 1.54) is 11.3 Å². The third-order valence-electron chi connectivity index (χ3n) is 2.97. The average molecular weight is 313 g/mol. The molecule has 0 saturated heterocycles. The highest BCUT2D eigenvalue weighted by atomic mass is 35.5. The van der Waals surface area contributed by atoms with Gasteiger partial charge in [0.2, 0.25) is 0 Å². The molecule has 0 spiro atoms. The largest absolute Gasteiger partial charge is 0.349 e. The molecule has 0 saturated carbocycles. The fraction of sp³-hybridized carbons (Fsp3) is 0.385. The van der Waals surface area contributed by atoms with Gasteiger partial charge in [0.1, 0.15) is 0 Å². The van der Waals surface area contributed by atoms with Crippen LogP contribution in [0.15, 0.2) is 18.2 Å². The van der Waals surface area contributed by atoms with Crippen LogP contribution in [0.3, 0.4) is 0 Å². The second-order valence-corrected chi connectivity index (χ2v) is 6.14. The van der Waals surface area contributed by atoms with E-state index in [2.05, 4.69) is 27.3 Å². The SMILES string of the molecule is CCN(C)CCNC(=O)c1cc(-c2ccc(Cl)s2)[nH]n1. The zero-order chi connectivity index (χ0) is 14.5. The molecule has 5 nitrogen and oxygen atoms in total. The van der Waals surface area contributed by atoms with Crippen molar-refractivity contribution in [3.05, 3.63) is 28.2 Å². The number of aromatic nitrogens is 2. The van der Waals surface area contributed by atoms with E-state index in [1.54, 1.807) is 6.07 Å². The van der Waals surface area contributed by atoms with Crippen molar-refractivity contribution in [1.82, 2.24) is 20.4 Å². The highest BCUT2D eigenvalue weighted by Gasteiger charge is 2.12. The molecule has 20 heavy (non-hydrogen) atoms. The quantitative estimate of drug-likeness (QED) is 0.861. The number of amides is 1. The van der Waals surface area contributed by atoms with Crippen LogP contribution in [-0.4, -0.2) is 47.7 Å². The van der Waals surface area contributed by atoms with E-state index in [-0.39, 0.29) is 5.91 Å². The first kappa shape index (κ1) is 15.0. The van der Waals surface area contributed by atoms with Crippen molar-refractivity contribution in [3.8, 4) is 10.6 Å². The lowest BCUT2D eigenvalue weighted by atomic mass is 10.3. The van der Waals surface area contributed by atoms with E-state index >= 15 is 0 Å². The molecule has 0 aliphatic carbocycles. The minimum absolute atomic E-state index is 0.167.